The number of aryl methyl sites for hydroxylation is 1. The van der Waals surface area contributed by atoms with Gasteiger partial charge in [0, 0.05) is 18.2 Å². The summed E-state index contributed by atoms with van der Waals surface area (Å²) in [6, 6.07) is 18.0. The highest BCUT2D eigenvalue weighted by Gasteiger charge is 2.28. The number of hydrogen-bond donors (Lipinski definition) is 1. The van der Waals surface area contributed by atoms with Crippen molar-refractivity contribution >= 4 is 11.8 Å². The van der Waals surface area contributed by atoms with Gasteiger partial charge in [-0.3, -0.25) is 9.59 Å². The maximum Gasteiger partial charge on any atom is 0.251 e. The zero-order valence-electron chi connectivity index (χ0n) is 16.4. The van der Waals surface area contributed by atoms with E-state index in [2.05, 4.69) is 24.0 Å². The van der Waals surface area contributed by atoms with Crippen molar-refractivity contribution in [3.05, 3.63) is 83.9 Å². The number of likely N-dealkylation sites (tertiary alicyclic amines) is 1. The Hall–Kier alpha value is -2.88. The summed E-state index contributed by atoms with van der Waals surface area (Å²) in [4.78, 5) is 26.6. The van der Waals surface area contributed by atoms with Crippen molar-refractivity contribution in [1.82, 2.24) is 10.2 Å². The number of nitrogens with one attached hydrogen (secondary N) is 1. The molecule has 0 spiro atoms. The Bertz CT molecular complexity index is 832. The first kappa shape index (κ1) is 19.9. The summed E-state index contributed by atoms with van der Waals surface area (Å²) in [6.07, 6.45) is 5.07. The molecule has 0 radical (unpaired) electrons. The Morgan fingerprint density at radius 2 is 2.00 bits per heavy atom. The van der Waals surface area contributed by atoms with E-state index in [1.807, 2.05) is 54.3 Å². The standard InChI is InChI=1S/C24H28N2O2/c1-3-23(27)26-16-8-13-22(26)20-11-7-12-21(17-20)24(28)25-18(2)14-15-19-9-5-4-6-10-19/h3-7,9-12,17-18,22H,1,8,13-16H2,2H3,(H,25,28). The van der Waals surface area contributed by atoms with Crippen LogP contribution in [0.2, 0.25) is 0 Å². The second kappa shape index (κ2) is 9.36. The molecule has 4 nitrogen and oxygen atoms in total. The topological polar surface area (TPSA) is 49.4 Å². The molecule has 0 aromatic heterocycles. The molecule has 2 unspecified atom stereocenters. The molecular weight excluding hydrogens is 348 g/mol. The van der Waals surface area contributed by atoms with Crippen molar-refractivity contribution < 1.29 is 9.59 Å². The average Bonchev–Trinajstić information content (AvgIpc) is 3.22. The van der Waals surface area contributed by atoms with Crippen LogP contribution in [0.15, 0.2) is 67.3 Å². The molecule has 3 rings (SSSR count). The number of carbonyl (C=O) groups excluding carboxylic acids is 2. The second-order valence-corrected chi connectivity index (χ2v) is 7.42. The molecule has 28 heavy (non-hydrogen) atoms. The summed E-state index contributed by atoms with van der Waals surface area (Å²) < 4.78 is 0. The van der Waals surface area contributed by atoms with E-state index in [4.69, 9.17) is 0 Å². The lowest BCUT2D eigenvalue weighted by Gasteiger charge is -2.24. The van der Waals surface area contributed by atoms with Gasteiger partial charge in [-0.05, 0) is 61.9 Å². The van der Waals surface area contributed by atoms with Gasteiger partial charge in [0.25, 0.3) is 5.91 Å². The quantitative estimate of drug-likeness (QED) is 0.733. The highest BCUT2D eigenvalue weighted by Crippen LogP contribution is 2.32. The molecule has 1 fully saturated rings. The number of hydrogen-bond acceptors (Lipinski definition) is 2. The van der Waals surface area contributed by atoms with E-state index < -0.39 is 0 Å². The molecule has 2 aromatic rings. The zero-order valence-corrected chi connectivity index (χ0v) is 16.4. The number of carbonyl (C=O) groups is 2. The fourth-order valence-electron chi connectivity index (χ4n) is 3.79. The van der Waals surface area contributed by atoms with Crippen molar-refractivity contribution in [1.29, 1.82) is 0 Å². The molecule has 2 aromatic carbocycles. The molecule has 1 aliphatic rings. The molecule has 2 amide bonds. The van der Waals surface area contributed by atoms with E-state index in [-0.39, 0.29) is 23.9 Å². The number of nitrogens with zero attached hydrogens (tertiary/aromatic N) is 1. The summed E-state index contributed by atoms with van der Waals surface area (Å²) in [6.45, 7) is 6.37. The van der Waals surface area contributed by atoms with Crippen LogP contribution in [0.4, 0.5) is 0 Å². The van der Waals surface area contributed by atoms with Crippen molar-refractivity contribution in [3.8, 4) is 0 Å². The largest absolute Gasteiger partial charge is 0.350 e. The van der Waals surface area contributed by atoms with Crippen LogP contribution in [-0.2, 0) is 11.2 Å². The minimum atomic E-state index is -0.0676. The Morgan fingerprint density at radius 1 is 1.21 bits per heavy atom. The van der Waals surface area contributed by atoms with E-state index in [0.29, 0.717) is 5.56 Å². The summed E-state index contributed by atoms with van der Waals surface area (Å²) in [7, 11) is 0. The van der Waals surface area contributed by atoms with Gasteiger partial charge in [0.2, 0.25) is 5.91 Å². The Labute approximate surface area is 167 Å². The molecule has 146 valence electrons. The Morgan fingerprint density at radius 3 is 2.75 bits per heavy atom. The van der Waals surface area contributed by atoms with Crippen molar-refractivity contribution in [2.24, 2.45) is 0 Å². The first-order valence-corrected chi connectivity index (χ1v) is 9.96. The molecule has 1 N–H and O–H groups in total. The van der Waals surface area contributed by atoms with Gasteiger partial charge in [-0.15, -0.1) is 0 Å². The van der Waals surface area contributed by atoms with E-state index in [0.717, 1.165) is 37.8 Å². The summed E-state index contributed by atoms with van der Waals surface area (Å²) >= 11 is 0. The molecule has 0 bridgehead atoms. The highest BCUT2D eigenvalue weighted by molar-refractivity contribution is 5.94. The minimum Gasteiger partial charge on any atom is -0.350 e. The molecule has 0 aliphatic carbocycles. The fraction of sp³-hybridized carbons (Fsp3) is 0.333. The maximum absolute atomic E-state index is 12.7. The van der Waals surface area contributed by atoms with Crippen LogP contribution in [-0.4, -0.2) is 29.3 Å². The van der Waals surface area contributed by atoms with Gasteiger partial charge in [0.05, 0.1) is 6.04 Å². The van der Waals surface area contributed by atoms with E-state index in [1.165, 1.54) is 11.6 Å². The normalized spacial score (nSPS) is 17.2. The summed E-state index contributed by atoms with van der Waals surface area (Å²) in [5, 5.41) is 3.09. The third-order valence-electron chi connectivity index (χ3n) is 5.33. The molecule has 2 atom stereocenters. The van der Waals surface area contributed by atoms with Crippen LogP contribution in [0.5, 0.6) is 0 Å². The molecule has 0 saturated carbocycles. The van der Waals surface area contributed by atoms with Crippen LogP contribution in [0.3, 0.4) is 0 Å². The van der Waals surface area contributed by atoms with Crippen molar-refractivity contribution in [3.63, 3.8) is 0 Å². The predicted octanol–water partition coefficient (Wildman–Crippen LogP) is 4.29. The van der Waals surface area contributed by atoms with Crippen LogP contribution >= 0.6 is 0 Å². The van der Waals surface area contributed by atoms with Gasteiger partial charge < -0.3 is 10.2 Å². The number of benzene rings is 2. The fourth-order valence-corrected chi connectivity index (χ4v) is 3.79. The molecular formula is C24H28N2O2. The summed E-state index contributed by atoms with van der Waals surface area (Å²) in [5.41, 5.74) is 2.93. The molecule has 1 saturated heterocycles. The first-order valence-electron chi connectivity index (χ1n) is 9.96. The first-order chi connectivity index (χ1) is 13.6. The van der Waals surface area contributed by atoms with Gasteiger partial charge in [-0.2, -0.15) is 0 Å². The van der Waals surface area contributed by atoms with Gasteiger partial charge in [-0.1, -0.05) is 49.0 Å². The SMILES string of the molecule is C=CC(=O)N1CCCC1c1cccc(C(=O)NC(C)CCc2ccccc2)c1. The van der Waals surface area contributed by atoms with E-state index in [9.17, 15) is 9.59 Å². The van der Waals surface area contributed by atoms with Gasteiger partial charge in [-0.25, -0.2) is 0 Å². The lowest BCUT2D eigenvalue weighted by atomic mass is 10.0. The predicted molar refractivity (Wildman–Crippen MR) is 112 cm³/mol. The van der Waals surface area contributed by atoms with Crippen LogP contribution in [0.1, 0.15) is 53.7 Å². The molecule has 1 heterocycles. The zero-order chi connectivity index (χ0) is 19.9. The van der Waals surface area contributed by atoms with Crippen LogP contribution < -0.4 is 5.32 Å². The molecule has 1 aliphatic heterocycles. The lowest BCUT2D eigenvalue weighted by molar-refractivity contribution is -0.126. The third-order valence-corrected chi connectivity index (χ3v) is 5.33. The van der Waals surface area contributed by atoms with E-state index >= 15 is 0 Å². The lowest BCUT2D eigenvalue weighted by Crippen LogP contribution is -2.33. The third kappa shape index (κ3) is 4.89. The van der Waals surface area contributed by atoms with Crippen molar-refractivity contribution in [2.75, 3.05) is 6.54 Å². The Balaban J connectivity index is 1.62. The second-order valence-electron chi connectivity index (χ2n) is 7.42. The monoisotopic (exact) mass is 376 g/mol. The van der Waals surface area contributed by atoms with Gasteiger partial charge >= 0.3 is 0 Å². The van der Waals surface area contributed by atoms with Crippen LogP contribution in [0.25, 0.3) is 0 Å². The maximum atomic E-state index is 12.7. The molecule has 4 heteroatoms. The smallest absolute Gasteiger partial charge is 0.251 e. The average molecular weight is 377 g/mol. The van der Waals surface area contributed by atoms with Gasteiger partial charge in [0.15, 0.2) is 0 Å². The minimum absolute atomic E-state index is 0.0220. The summed E-state index contributed by atoms with van der Waals surface area (Å²) in [5.74, 6) is -0.117. The van der Waals surface area contributed by atoms with Gasteiger partial charge in [0.1, 0.15) is 0 Å². The van der Waals surface area contributed by atoms with Crippen molar-refractivity contribution in [2.45, 2.75) is 44.7 Å². The van der Waals surface area contributed by atoms with E-state index in [1.54, 1.807) is 0 Å². The van der Waals surface area contributed by atoms with Crippen LogP contribution in [0, 0.1) is 0 Å². The number of amides is 2. The highest BCUT2D eigenvalue weighted by atomic mass is 16.2. The number of rotatable bonds is 7. The Kier molecular flexibility index (Phi) is 6.64.